The number of rotatable bonds is 4. The first-order valence-electron chi connectivity index (χ1n) is 5.14. The maximum Gasteiger partial charge on any atom is 0.289 e. The van der Waals surface area contributed by atoms with E-state index in [1.165, 1.54) is 18.3 Å². The molecule has 8 nitrogen and oxygen atoms in total. The lowest BCUT2D eigenvalue weighted by Crippen LogP contribution is -2.14. The van der Waals surface area contributed by atoms with Gasteiger partial charge < -0.3 is 0 Å². The number of hydrogen-bond acceptors (Lipinski definition) is 6. The quantitative estimate of drug-likeness (QED) is 0.680. The van der Waals surface area contributed by atoms with Crippen LogP contribution in [0.1, 0.15) is 0 Å². The standard InChI is InChI=1S/C10H7ClN4O4S/c11-8-4-3-7(6-9(8)15(16)17)20(18,19)14-10-2-1-5-12-13-10/h1-6H,(H,13,14). The predicted molar refractivity (Wildman–Crippen MR) is 70.9 cm³/mol. The summed E-state index contributed by atoms with van der Waals surface area (Å²) in [5.74, 6) is 0.00473. The zero-order valence-electron chi connectivity index (χ0n) is 9.72. The van der Waals surface area contributed by atoms with Crippen molar-refractivity contribution in [2.24, 2.45) is 0 Å². The van der Waals surface area contributed by atoms with Gasteiger partial charge in [-0.2, -0.15) is 5.10 Å². The van der Waals surface area contributed by atoms with Crippen LogP contribution in [0.15, 0.2) is 41.4 Å². The van der Waals surface area contributed by atoms with Gasteiger partial charge in [0.1, 0.15) is 5.02 Å². The van der Waals surface area contributed by atoms with Gasteiger partial charge in [0.2, 0.25) is 0 Å². The number of nitrogens with one attached hydrogen (secondary N) is 1. The summed E-state index contributed by atoms with van der Waals surface area (Å²) >= 11 is 5.62. The highest BCUT2D eigenvalue weighted by Gasteiger charge is 2.21. The summed E-state index contributed by atoms with van der Waals surface area (Å²) in [6, 6.07) is 6.07. The van der Waals surface area contributed by atoms with Crippen LogP contribution in [0.2, 0.25) is 5.02 Å². The zero-order valence-corrected chi connectivity index (χ0v) is 11.3. The SMILES string of the molecule is O=[N+]([O-])c1cc(S(=O)(=O)Nc2cccnn2)ccc1Cl. The minimum atomic E-state index is -4.00. The van der Waals surface area contributed by atoms with Crippen LogP contribution < -0.4 is 4.72 Å². The Hall–Kier alpha value is -2.26. The normalized spacial score (nSPS) is 11.1. The van der Waals surface area contributed by atoms with Gasteiger partial charge in [-0.05, 0) is 24.3 Å². The molecule has 2 rings (SSSR count). The van der Waals surface area contributed by atoms with Crippen molar-refractivity contribution in [2.45, 2.75) is 4.90 Å². The lowest BCUT2D eigenvalue weighted by Gasteiger charge is -2.06. The Kier molecular flexibility index (Phi) is 3.81. The van der Waals surface area contributed by atoms with Crippen LogP contribution in [-0.4, -0.2) is 23.5 Å². The van der Waals surface area contributed by atoms with Crippen molar-refractivity contribution in [1.29, 1.82) is 0 Å². The molecule has 1 heterocycles. The van der Waals surface area contributed by atoms with Crippen LogP contribution in [0.25, 0.3) is 0 Å². The smallest absolute Gasteiger partial charge is 0.262 e. The topological polar surface area (TPSA) is 115 Å². The third-order valence-electron chi connectivity index (χ3n) is 2.24. The lowest BCUT2D eigenvalue weighted by molar-refractivity contribution is -0.384. The molecule has 20 heavy (non-hydrogen) atoms. The zero-order chi connectivity index (χ0) is 14.8. The molecule has 0 radical (unpaired) electrons. The summed E-state index contributed by atoms with van der Waals surface area (Å²) in [5.41, 5.74) is -0.492. The second kappa shape index (κ2) is 5.39. The average molecular weight is 315 g/mol. The molecule has 0 aliphatic rings. The van der Waals surface area contributed by atoms with Crippen molar-refractivity contribution in [1.82, 2.24) is 10.2 Å². The molecule has 0 aliphatic heterocycles. The molecule has 104 valence electrons. The van der Waals surface area contributed by atoms with E-state index in [4.69, 9.17) is 11.6 Å². The monoisotopic (exact) mass is 314 g/mol. The number of sulfonamides is 1. The van der Waals surface area contributed by atoms with E-state index in [1.807, 2.05) is 0 Å². The Morgan fingerprint density at radius 2 is 2.05 bits per heavy atom. The maximum absolute atomic E-state index is 12.0. The Balaban J connectivity index is 2.40. The van der Waals surface area contributed by atoms with Gasteiger partial charge in [0.05, 0.1) is 9.82 Å². The number of hydrogen-bond donors (Lipinski definition) is 1. The Morgan fingerprint density at radius 1 is 1.30 bits per heavy atom. The fourth-order valence-corrected chi connectivity index (χ4v) is 2.55. The Labute approximate surface area is 118 Å². The van der Waals surface area contributed by atoms with Crippen molar-refractivity contribution in [3.8, 4) is 0 Å². The molecule has 0 unspecified atom stereocenters. The maximum atomic E-state index is 12.0. The van der Waals surface area contributed by atoms with Crippen LogP contribution in [-0.2, 0) is 10.0 Å². The van der Waals surface area contributed by atoms with Crippen LogP contribution in [0.5, 0.6) is 0 Å². The highest BCUT2D eigenvalue weighted by Crippen LogP contribution is 2.27. The number of nitrogens with zero attached hydrogens (tertiary/aromatic N) is 3. The first kappa shape index (κ1) is 14.2. The molecule has 0 atom stereocenters. The first-order valence-corrected chi connectivity index (χ1v) is 7.01. The third-order valence-corrected chi connectivity index (χ3v) is 3.91. The van der Waals surface area contributed by atoms with Crippen molar-refractivity contribution in [2.75, 3.05) is 4.72 Å². The molecule has 0 bridgehead atoms. The lowest BCUT2D eigenvalue weighted by atomic mass is 10.3. The molecular weight excluding hydrogens is 308 g/mol. The number of anilines is 1. The van der Waals surface area contributed by atoms with E-state index >= 15 is 0 Å². The van der Waals surface area contributed by atoms with Gasteiger partial charge in [-0.3, -0.25) is 14.8 Å². The van der Waals surface area contributed by atoms with Crippen LogP contribution in [0.4, 0.5) is 11.5 Å². The van der Waals surface area contributed by atoms with Gasteiger partial charge in [0.15, 0.2) is 5.82 Å². The van der Waals surface area contributed by atoms with E-state index in [9.17, 15) is 18.5 Å². The summed E-state index contributed by atoms with van der Waals surface area (Å²) in [5, 5.41) is 17.7. The third kappa shape index (κ3) is 3.00. The molecule has 0 fully saturated rings. The Bertz CT molecular complexity index is 751. The number of benzene rings is 1. The van der Waals surface area contributed by atoms with Gasteiger partial charge in [0.25, 0.3) is 15.7 Å². The predicted octanol–water partition coefficient (Wildman–Crippen LogP) is 1.84. The molecule has 10 heteroatoms. The number of nitro groups is 1. The molecule has 0 spiro atoms. The number of nitro benzene ring substituents is 1. The summed E-state index contributed by atoms with van der Waals surface area (Å²) in [7, 11) is -4.00. The second-order valence-electron chi connectivity index (χ2n) is 3.58. The minimum Gasteiger partial charge on any atom is -0.262 e. The van der Waals surface area contributed by atoms with E-state index in [-0.39, 0.29) is 15.7 Å². The molecular formula is C10H7ClN4O4S. The molecule has 0 saturated carbocycles. The molecule has 0 aliphatic carbocycles. The summed E-state index contributed by atoms with van der Waals surface area (Å²) in [6.07, 6.45) is 1.38. The van der Waals surface area contributed by atoms with Gasteiger partial charge in [0, 0.05) is 12.3 Å². The number of aromatic nitrogens is 2. The average Bonchev–Trinajstić information content (AvgIpc) is 2.39. The van der Waals surface area contributed by atoms with Crippen molar-refractivity contribution < 1.29 is 13.3 Å². The highest BCUT2D eigenvalue weighted by molar-refractivity contribution is 7.92. The minimum absolute atomic E-state index is 0.00473. The van der Waals surface area contributed by atoms with E-state index in [2.05, 4.69) is 14.9 Å². The van der Waals surface area contributed by atoms with E-state index < -0.39 is 20.6 Å². The van der Waals surface area contributed by atoms with Crippen LogP contribution in [0.3, 0.4) is 0 Å². The van der Waals surface area contributed by atoms with Gasteiger partial charge in [-0.1, -0.05) is 11.6 Å². The molecule has 1 aromatic carbocycles. The highest BCUT2D eigenvalue weighted by atomic mass is 35.5. The van der Waals surface area contributed by atoms with Crippen molar-refractivity contribution >= 4 is 33.1 Å². The largest absolute Gasteiger partial charge is 0.289 e. The molecule has 1 N–H and O–H groups in total. The van der Waals surface area contributed by atoms with E-state index in [0.29, 0.717) is 0 Å². The summed E-state index contributed by atoms with van der Waals surface area (Å²) in [4.78, 5) is 9.69. The fourth-order valence-electron chi connectivity index (χ4n) is 1.35. The first-order chi connectivity index (χ1) is 9.40. The van der Waals surface area contributed by atoms with Crippen molar-refractivity contribution in [3.63, 3.8) is 0 Å². The molecule has 0 amide bonds. The van der Waals surface area contributed by atoms with Gasteiger partial charge >= 0.3 is 0 Å². The second-order valence-corrected chi connectivity index (χ2v) is 5.67. The molecule has 0 saturated heterocycles. The van der Waals surface area contributed by atoms with Crippen LogP contribution >= 0.6 is 11.6 Å². The fraction of sp³-hybridized carbons (Fsp3) is 0. The number of halogens is 1. The molecule has 2 aromatic rings. The summed E-state index contributed by atoms with van der Waals surface area (Å²) < 4.78 is 26.2. The molecule has 1 aromatic heterocycles. The summed E-state index contributed by atoms with van der Waals surface area (Å²) in [6.45, 7) is 0. The van der Waals surface area contributed by atoms with Gasteiger partial charge in [-0.25, -0.2) is 8.42 Å². The van der Waals surface area contributed by atoms with Gasteiger partial charge in [-0.15, -0.1) is 5.10 Å². The Morgan fingerprint density at radius 3 is 2.65 bits per heavy atom. The van der Waals surface area contributed by atoms with E-state index in [1.54, 1.807) is 0 Å². The van der Waals surface area contributed by atoms with Crippen LogP contribution in [0, 0.1) is 10.1 Å². The van der Waals surface area contributed by atoms with E-state index in [0.717, 1.165) is 18.2 Å². The van der Waals surface area contributed by atoms with Crippen molar-refractivity contribution in [3.05, 3.63) is 51.7 Å².